The van der Waals surface area contributed by atoms with E-state index in [1.54, 1.807) is 12.1 Å². The Kier molecular flexibility index (Phi) is 23.9. The number of nitrogens with one attached hydrogen (secondary N) is 1. The Morgan fingerprint density at radius 2 is 1.27 bits per heavy atom. The molecule has 33 nitrogen and oxygen atoms in total. The monoisotopic (exact) mass is 1200 g/mol. The first-order chi connectivity index (χ1) is 33.5. The summed E-state index contributed by atoms with van der Waals surface area (Å²) >= 11 is 1.46. The Morgan fingerprint density at radius 1 is 0.730 bits per heavy atom. The number of phosphoric acid groups is 4. The average molecular weight is 1200 g/mol. The molecule has 9 N–H and O–H groups in total. The predicted molar refractivity (Wildman–Crippen MR) is 248 cm³/mol. The van der Waals surface area contributed by atoms with Crippen LogP contribution in [-0.2, 0) is 72.6 Å². The van der Waals surface area contributed by atoms with Gasteiger partial charge in [-0.1, -0.05) is 63.4 Å². The zero-order valence-corrected chi connectivity index (χ0v) is 42.4. The van der Waals surface area contributed by atoms with Crippen LogP contribution in [0.25, 0.3) is 32.7 Å². The summed E-state index contributed by atoms with van der Waals surface area (Å²) in [6.07, 6.45) is -0.847. The molecule has 41 heteroatoms. The topological polar surface area (TPSA) is 522 Å². The molecule has 1 aliphatic rings. The fraction of sp³-hybridized carbons (Fsp3) is 0.242. The molecule has 6 aromatic rings. The lowest BCUT2D eigenvalue weighted by atomic mass is 10.1. The second-order valence-corrected chi connectivity index (χ2v) is 24.5. The van der Waals surface area contributed by atoms with Crippen molar-refractivity contribution in [2.24, 2.45) is 0 Å². The maximum Gasteiger partial charge on any atom is 0.476 e. The number of nitrogens with two attached hydrogens (primary N) is 2. The first kappa shape index (κ1) is 64.9. The third-order valence-corrected chi connectivity index (χ3v) is 17.8. The number of benzene rings is 4. The highest BCUT2D eigenvalue weighted by molar-refractivity contribution is 7.95. The number of imidazole rings is 1. The number of rotatable bonds is 20. The van der Waals surface area contributed by atoms with Crippen molar-refractivity contribution in [3.8, 4) is 0 Å². The number of hydrogen-bond acceptors (Lipinski definition) is 30. The van der Waals surface area contributed by atoms with E-state index >= 15 is 0 Å². The van der Waals surface area contributed by atoms with Gasteiger partial charge >= 0.3 is 15.6 Å². The van der Waals surface area contributed by atoms with Crippen molar-refractivity contribution in [2.45, 2.75) is 49.5 Å². The summed E-state index contributed by atoms with van der Waals surface area (Å²) in [6, 6.07) is 20.1. The lowest BCUT2D eigenvalue weighted by molar-refractivity contribution is -0.777. The highest BCUT2D eigenvalue weighted by Gasteiger charge is 2.38. The van der Waals surface area contributed by atoms with E-state index in [1.165, 1.54) is 41.5 Å². The predicted octanol–water partition coefficient (Wildman–Crippen LogP) is 2.33. The molecule has 3 heterocycles. The number of aliphatic hydroxyl groups is 1. The van der Waals surface area contributed by atoms with Gasteiger partial charge in [0.15, 0.2) is 11.5 Å². The minimum atomic E-state index is -5.95. The van der Waals surface area contributed by atoms with E-state index in [-0.39, 0.29) is 38.3 Å². The van der Waals surface area contributed by atoms with E-state index in [2.05, 4.69) is 55.5 Å². The van der Waals surface area contributed by atoms with E-state index in [1.807, 2.05) is 41.5 Å². The Morgan fingerprint density at radius 3 is 1.85 bits per heavy atom. The van der Waals surface area contributed by atoms with Crippen LogP contribution in [0.4, 0.5) is 17.2 Å². The summed E-state index contributed by atoms with van der Waals surface area (Å²) in [7, 11) is -32.7. The maximum atomic E-state index is 12.1. The van der Waals surface area contributed by atoms with Crippen LogP contribution in [0, 0.1) is 0 Å². The van der Waals surface area contributed by atoms with Crippen LogP contribution in [0.15, 0.2) is 95.2 Å². The number of ether oxygens (including phenoxy) is 1. The number of nitrogen functional groups attached to an aromatic ring is 2. The van der Waals surface area contributed by atoms with Crippen LogP contribution in [0.1, 0.15) is 27.5 Å². The minimum Gasteiger partial charge on any atom is -0.778 e. The number of phosphoric ester groups is 1. The molecule has 4 aromatic carbocycles. The molecule has 0 amide bonds. The summed E-state index contributed by atoms with van der Waals surface area (Å²) in [5.74, 6) is 0.112. The number of fused-ring (bicyclic) bond motifs is 3. The van der Waals surface area contributed by atoms with Crippen LogP contribution in [0.5, 0.6) is 0 Å². The molecule has 1 fully saturated rings. The van der Waals surface area contributed by atoms with Crippen molar-refractivity contribution in [2.75, 3.05) is 29.8 Å². The second kappa shape index (κ2) is 27.3. The Balaban J connectivity index is 0.000000303. The molecular formula is C33H41N7O26P6S2-6. The van der Waals surface area contributed by atoms with Gasteiger partial charge in [-0.3, -0.25) is 37.7 Å². The van der Waals surface area contributed by atoms with E-state index in [0.717, 1.165) is 27.7 Å². The molecule has 1 saturated heterocycles. The van der Waals surface area contributed by atoms with Gasteiger partial charge < -0.3 is 75.2 Å². The van der Waals surface area contributed by atoms with Crippen molar-refractivity contribution in [1.82, 2.24) is 19.5 Å². The molecule has 8 atom stereocenters. The number of aliphatic hydroxyl groups excluding tert-OH is 1. The lowest BCUT2D eigenvalue weighted by Gasteiger charge is -2.31. The number of aromatic nitrogens is 4. The van der Waals surface area contributed by atoms with Crippen LogP contribution >= 0.6 is 70.7 Å². The van der Waals surface area contributed by atoms with Gasteiger partial charge in [-0.15, -0.1) is 0 Å². The summed E-state index contributed by atoms with van der Waals surface area (Å²) in [6.45, 7) is -0.424. The Labute approximate surface area is 425 Å². The highest BCUT2D eigenvalue weighted by Crippen LogP contribution is 2.64. The molecule has 7 rings (SSSR count). The fourth-order valence-electron chi connectivity index (χ4n) is 6.01. The molecule has 0 bridgehead atoms. The number of nitrogens with zero attached hydrogens (tertiary/aromatic N) is 4. The molecule has 2 aromatic heterocycles. The lowest BCUT2D eigenvalue weighted by Crippen LogP contribution is -2.27. The summed E-state index contributed by atoms with van der Waals surface area (Å²) in [5, 5.41) is 41.0. The van der Waals surface area contributed by atoms with Gasteiger partial charge in [0.2, 0.25) is 0 Å². The standard InChI is InChI=1S/C11H14NO11P3S.C10H16N5O12P3.C10H9NO3S.2CH4/c1-24(14,15)22-26(18,19)23-25(16,17)12-10-6-2-5-9-8(10)4-3-7-11(9)27-21-20-13;11-9-8-10(13-3-12-9)15(4-14-8)7-1-5(16)6(25-7)2-24-29(20,21)27-30(22,23)26-28(17,18)19;11-9-5-1-4-8-7(9)3-2-6-10(8)15-14-13-12;;/h2-7,13H,1H3,(H,14,15)(H,18,19)(H2,12,16,17);3-7,16H,1-2H2,(H,20,21)(H,22,23)(H2,11,12,13)(H2,17,18,19);1-6,12H,11H2;2*1H4/p-6/t;5-,6-,7-;;;/m.1.../s1. The van der Waals surface area contributed by atoms with E-state index in [4.69, 9.17) is 26.0 Å². The molecule has 0 aliphatic carbocycles. The van der Waals surface area contributed by atoms with Crippen molar-refractivity contribution < 1.29 is 123 Å². The largest absolute Gasteiger partial charge is 0.778 e. The Hall–Kier alpha value is -3.37. The highest BCUT2D eigenvalue weighted by atomic mass is 32.2. The van der Waals surface area contributed by atoms with Crippen molar-refractivity contribution in [3.05, 3.63) is 85.5 Å². The van der Waals surface area contributed by atoms with E-state index in [9.17, 15) is 67.5 Å². The number of anilines is 3. The van der Waals surface area contributed by atoms with Gasteiger partial charge in [-0.2, -0.15) is 8.67 Å². The van der Waals surface area contributed by atoms with E-state index < -0.39 is 71.7 Å². The van der Waals surface area contributed by atoms with Gasteiger partial charge in [-0.05, 0) is 35.0 Å². The summed E-state index contributed by atoms with van der Waals surface area (Å²) in [4.78, 5) is 84.8. The molecule has 74 heavy (non-hydrogen) atoms. The smallest absolute Gasteiger partial charge is 0.476 e. The summed E-state index contributed by atoms with van der Waals surface area (Å²) < 4.78 is 102. The molecule has 0 saturated carbocycles. The van der Waals surface area contributed by atoms with Gasteiger partial charge in [0, 0.05) is 39.3 Å². The van der Waals surface area contributed by atoms with Crippen LogP contribution in [0.3, 0.4) is 0 Å². The fourth-order valence-corrected chi connectivity index (χ4v) is 13.5. The van der Waals surface area contributed by atoms with Crippen molar-refractivity contribution in [1.29, 1.82) is 0 Å². The van der Waals surface area contributed by atoms with Crippen LogP contribution < -0.4 is 46.6 Å². The maximum absolute atomic E-state index is 12.1. The van der Waals surface area contributed by atoms with Gasteiger partial charge in [0.1, 0.15) is 31.8 Å². The minimum absolute atomic E-state index is 0. The zero-order valence-electron chi connectivity index (χ0n) is 35.4. The SMILES string of the molecule is C.C.CP(=O)([O-])OP(=O)([O-])OP(=O)(O)Nc1cccc2c(SOO[O-])cccc12.Nc1cccc2c(SOO[O-])cccc12.Nc1ncnc2c1ncn2[C@H]1C[C@@H](O)[C@@H](COP(=O)([O-])OP(=O)([O-])OP(=O)(O)O)O1. The number of hydrogen-bond donors (Lipinski definition) is 7. The quantitative estimate of drug-likeness (QED) is 0.0190. The average Bonchev–Trinajstić information content (AvgIpc) is 3.86. The van der Waals surface area contributed by atoms with Gasteiger partial charge in [0.25, 0.3) is 23.5 Å². The molecule has 0 spiro atoms. The van der Waals surface area contributed by atoms with Crippen LogP contribution in [0.2, 0.25) is 0 Å². The van der Waals surface area contributed by atoms with Crippen molar-refractivity contribution in [3.63, 3.8) is 0 Å². The zero-order chi connectivity index (χ0) is 53.3. The third kappa shape index (κ3) is 19.6. The molecule has 412 valence electrons. The van der Waals surface area contributed by atoms with E-state index in [0.29, 0.717) is 45.7 Å². The first-order valence-electron chi connectivity index (χ1n) is 18.7. The third-order valence-electron chi connectivity index (χ3n) is 8.53. The molecule has 0 radical (unpaired) electrons. The van der Waals surface area contributed by atoms with Crippen molar-refractivity contribution >= 4 is 121 Å². The molecular weight excluding hydrogens is 1160 g/mol. The van der Waals surface area contributed by atoms with Crippen LogP contribution in [-0.4, -0.2) is 64.8 Å². The second-order valence-electron chi connectivity index (χ2n) is 13.7. The molecule has 1 aliphatic heterocycles. The normalized spacial score (nSPS) is 19.6. The molecule has 5 unspecified atom stereocenters. The first-order valence-corrected chi connectivity index (χ1v) is 29.7. The Bertz CT molecular complexity index is 3160. The van der Waals surface area contributed by atoms with Gasteiger partial charge in [0.05, 0.1) is 48.8 Å². The summed E-state index contributed by atoms with van der Waals surface area (Å²) in [5.41, 5.74) is 12.7. The van der Waals surface area contributed by atoms with Gasteiger partial charge in [-0.25, -0.2) is 37.0 Å².